The molecule has 1 aromatic heterocycles. The maximum absolute atomic E-state index is 11.7. The van der Waals surface area contributed by atoms with Crippen molar-refractivity contribution in [3.05, 3.63) is 52.8 Å². The summed E-state index contributed by atoms with van der Waals surface area (Å²) in [6.07, 6.45) is -0.0962. The van der Waals surface area contributed by atoms with Crippen LogP contribution in [-0.2, 0) is 6.54 Å². The van der Waals surface area contributed by atoms with E-state index in [2.05, 4.69) is 20.8 Å². The molecule has 2 aromatic rings. The average molecular weight is 302 g/mol. The van der Waals surface area contributed by atoms with Crippen molar-refractivity contribution in [2.24, 2.45) is 0 Å². The zero-order valence-electron chi connectivity index (χ0n) is 12.9. The number of rotatable bonds is 6. The Bertz CT molecular complexity index is 590. The Morgan fingerprint density at radius 3 is 2.64 bits per heavy atom. The topological polar surface area (TPSA) is 90.0 Å². The molecule has 4 N–H and O–H groups in total. The molecular formula is C16H22N4O2. The van der Waals surface area contributed by atoms with Gasteiger partial charge in [-0.1, -0.05) is 30.3 Å². The van der Waals surface area contributed by atoms with Crippen LogP contribution in [0.4, 0.5) is 4.79 Å². The summed E-state index contributed by atoms with van der Waals surface area (Å²) in [5.74, 6) is 0. The van der Waals surface area contributed by atoms with Crippen LogP contribution in [0.25, 0.3) is 0 Å². The molecule has 1 atom stereocenters. The van der Waals surface area contributed by atoms with E-state index in [1.165, 1.54) is 0 Å². The van der Waals surface area contributed by atoms with Crippen LogP contribution >= 0.6 is 0 Å². The fourth-order valence-electron chi connectivity index (χ4n) is 2.23. The average Bonchev–Trinajstić information content (AvgIpc) is 2.84. The Balaban J connectivity index is 1.70. The van der Waals surface area contributed by atoms with Crippen molar-refractivity contribution in [2.45, 2.75) is 32.9 Å². The van der Waals surface area contributed by atoms with E-state index in [0.717, 1.165) is 22.5 Å². The monoisotopic (exact) mass is 302 g/mol. The predicted octanol–water partition coefficient (Wildman–Crippen LogP) is 1.95. The highest BCUT2D eigenvalue weighted by atomic mass is 16.3. The van der Waals surface area contributed by atoms with Crippen LogP contribution in [0.15, 0.2) is 30.3 Å². The van der Waals surface area contributed by atoms with Gasteiger partial charge < -0.3 is 15.7 Å². The predicted molar refractivity (Wildman–Crippen MR) is 84.3 cm³/mol. The summed E-state index contributed by atoms with van der Waals surface area (Å²) >= 11 is 0. The number of hydrogen-bond acceptors (Lipinski definition) is 3. The zero-order valence-corrected chi connectivity index (χ0v) is 12.9. The normalized spacial score (nSPS) is 12.0. The highest BCUT2D eigenvalue weighted by molar-refractivity contribution is 5.73. The van der Waals surface area contributed by atoms with Gasteiger partial charge in [-0.2, -0.15) is 5.10 Å². The number of aliphatic hydroxyl groups excluding tert-OH is 1. The number of aliphatic hydroxyl groups is 1. The third-order valence-electron chi connectivity index (χ3n) is 3.59. The van der Waals surface area contributed by atoms with E-state index in [0.29, 0.717) is 19.5 Å². The van der Waals surface area contributed by atoms with Gasteiger partial charge in [0.1, 0.15) is 0 Å². The number of aryl methyl sites for hydroxylation is 2. The summed E-state index contributed by atoms with van der Waals surface area (Å²) in [7, 11) is 0. The lowest BCUT2D eigenvalue weighted by Crippen LogP contribution is -2.36. The molecular weight excluding hydrogens is 280 g/mol. The molecule has 2 rings (SSSR count). The molecule has 0 radical (unpaired) electrons. The summed E-state index contributed by atoms with van der Waals surface area (Å²) in [6.45, 7) is 4.66. The Morgan fingerprint density at radius 1 is 1.27 bits per heavy atom. The molecule has 1 heterocycles. The van der Waals surface area contributed by atoms with E-state index in [4.69, 9.17) is 0 Å². The molecule has 0 aliphatic carbocycles. The smallest absolute Gasteiger partial charge is 0.315 e. The number of hydrogen-bond donors (Lipinski definition) is 4. The first-order chi connectivity index (χ1) is 10.6. The number of carbonyl (C=O) groups excluding carboxylic acids is 1. The van der Waals surface area contributed by atoms with Crippen molar-refractivity contribution < 1.29 is 9.90 Å². The second kappa shape index (κ2) is 7.61. The van der Waals surface area contributed by atoms with Crippen molar-refractivity contribution in [1.82, 2.24) is 20.8 Å². The van der Waals surface area contributed by atoms with E-state index >= 15 is 0 Å². The van der Waals surface area contributed by atoms with Crippen LogP contribution in [0.1, 0.15) is 35.0 Å². The second-order valence-electron chi connectivity index (χ2n) is 5.24. The lowest BCUT2D eigenvalue weighted by Gasteiger charge is -2.12. The molecule has 0 fully saturated rings. The van der Waals surface area contributed by atoms with Crippen molar-refractivity contribution >= 4 is 6.03 Å². The highest BCUT2D eigenvalue weighted by Gasteiger charge is 2.09. The zero-order chi connectivity index (χ0) is 15.9. The van der Waals surface area contributed by atoms with Gasteiger partial charge in [0, 0.05) is 24.3 Å². The van der Waals surface area contributed by atoms with Crippen molar-refractivity contribution in [3.63, 3.8) is 0 Å². The first-order valence-corrected chi connectivity index (χ1v) is 7.33. The fraction of sp³-hybridized carbons (Fsp3) is 0.375. The first-order valence-electron chi connectivity index (χ1n) is 7.33. The third kappa shape index (κ3) is 4.33. The van der Waals surface area contributed by atoms with E-state index in [1.54, 1.807) is 0 Å². The van der Waals surface area contributed by atoms with E-state index in [1.807, 2.05) is 44.2 Å². The van der Waals surface area contributed by atoms with Crippen LogP contribution in [0.2, 0.25) is 0 Å². The number of aromatic amines is 1. The van der Waals surface area contributed by atoms with Gasteiger partial charge in [0.25, 0.3) is 0 Å². The Morgan fingerprint density at radius 2 is 2.00 bits per heavy atom. The first kappa shape index (κ1) is 16.0. The van der Waals surface area contributed by atoms with Gasteiger partial charge in [0.15, 0.2) is 0 Å². The molecule has 0 aliphatic heterocycles. The summed E-state index contributed by atoms with van der Waals surface area (Å²) in [5, 5.41) is 22.5. The van der Waals surface area contributed by atoms with Gasteiger partial charge >= 0.3 is 6.03 Å². The molecule has 118 valence electrons. The van der Waals surface area contributed by atoms with Gasteiger partial charge in [-0.15, -0.1) is 0 Å². The molecule has 0 bridgehead atoms. The molecule has 22 heavy (non-hydrogen) atoms. The number of nitrogens with one attached hydrogen (secondary N) is 3. The molecule has 0 saturated heterocycles. The lowest BCUT2D eigenvalue weighted by molar-refractivity contribution is 0.167. The highest BCUT2D eigenvalue weighted by Crippen LogP contribution is 2.14. The summed E-state index contributed by atoms with van der Waals surface area (Å²) in [5.41, 5.74) is 3.70. The van der Waals surface area contributed by atoms with Crippen LogP contribution < -0.4 is 10.6 Å². The standard InChI is InChI=1S/C16H22N4O2/c1-11-14(12(2)20-19-11)10-18-16(22)17-9-8-15(21)13-6-4-3-5-7-13/h3-7,15,21H,8-10H2,1-2H3,(H,19,20)(H2,17,18,22). The molecule has 0 spiro atoms. The van der Waals surface area contributed by atoms with E-state index < -0.39 is 6.10 Å². The summed E-state index contributed by atoms with van der Waals surface area (Å²) in [4.78, 5) is 11.7. The maximum Gasteiger partial charge on any atom is 0.315 e. The molecule has 6 heteroatoms. The molecule has 0 saturated carbocycles. The molecule has 1 aromatic carbocycles. The summed E-state index contributed by atoms with van der Waals surface area (Å²) in [6, 6.07) is 9.16. The van der Waals surface area contributed by atoms with Gasteiger partial charge in [0.05, 0.1) is 11.8 Å². The number of urea groups is 1. The SMILES string of the molecule is Cc1n[nH]c(C)c1CNC(=O)NCCC(O)c1ccccc1. The molecule has 2 amide bonds. The number of benzene rings is 1. The van der Waals surface area contributed by atoms with Gasteiger partial charge in [-0.3, -0.25) is 5.10 Å². The van der Waals surface area contributed by atoms with Crippen LogP contribution in [0.5, 0.6) is 0 Å². The Kier molecular flexibility index (Phi) is 5.55. The van der Waals surface area contributed by atoms with Crippen LogP contribution in [0, 0.1) is 13.8 Å². The minimum atomic E-state index is -0.570. The quantitative estimate of drug-likeness (QED) is 0.657. The van der Waals surface area contributed by atoms with Crippen LogP contribution in [0.3, 0.4) is 0 Å². The van der Waals surface area contributed by atoms with Gasteiger partial charge in [-0.05, 0) is 25.8 Å². The van der Waals surface area contributed by atoms with Crippen molar-refractivity contribution in [3.8, 4) is 0 Å². The van der Waals surface area contributed by atoms with Gasteiger partial charge in [-0.25, -0.2) is 4.79 Å². The minimum absolute atomic E-state index is 0.250. The number of aromatic nitrogens is 2. The van der Waals surface area contributed by atoms with Crippen LogP contribution in [-0.4, -0.2) is 27.9 Å². The van der Waals surface area contributed by atoms with Crippen molar-refractivity contribution in [1.29, 1.82) is 0 Å². The number of H-pyrrole nitrogens is 1. The van der Waals surface area contributed by atoms with E-state index in [9.17, 15) is 9.90 Å². The number of carbonyl (C=O) groups is 1. The number of amides is 2. The lowest BCUT2D eigenvalue weighted by atomic mass is 10.1. The minimum Gasteiger partial charge on any atom is -0.388 e. The second-order valence-corrected chi connectivity index (χ2v) is 5.24. The molecule has 1 unspecified atom stereocenters. The maximum atomic E-state index is 11.7. The van der Waals surface area contributed by atoms with Gasteiger partial charge in [0.2, 0.25) is 0 Å². The Labute approximate surface area is 129 Å². The largest absolute Gasteiger partial charge is 0.388 e. The van der Waals surface area contributed by atoms with Crippen molar-refractivity contribution in [2.75, 3.05) is 6.54 Å². The summed E-state index contributed by atoms with van der Waals surface area (Å²) < 4.78 is 0. The number of nitrogens with zero attached hydrogens (tertiary/aromatic N) is 1. The molecule has 0 aliphatic rings. The fourth-order valence-corrected chi connectivity index (χ4v) is 2.23. The molecule has 6 nitrogen and oxygen atoms in total. The van der Waals surface area contributed by atoms with E-state index in [-0.39, 0.29) is 6.03 Å². The Hall–Kier alpha value is -2.34. The third-order valence-corrected chi connectivity index (χ3v) is 3.59.